The number of pyridine rings is 1. The summed E-state index contributed by atoms with van der Waals surface area (Å²) in [4.78, 5) is 30.3. The van der Waals surface area contributed by atoms with Gasteiger partial charge in [-0.1, -0.05) is 11.6 Å². The number of nitrogens with two attached hydrogens (primary N) is 1. The van der Waals surface area contributed by atoms with Crippen LogP contribution in [0.15, 0.2) is 18.2 Å². The first-order valence-corrected chi connectivity index (χ1v) is 12.0. The molecule has 0 bridgehead atoms. The van der Waals surface area contributed by atoms with Crippen molar-refractivity contribution in [2.24, 2.45) is 5.73 Å². The lowest BCUT2D eigenvalue weighted by atomic mass is 10.1. The minimum Gasteiger partial charge on any atom is -0.365 e. The van der Waals surface area contributed by atoms with Gasteiger partial charge in [0.1, 0.15) is 21.9 Å². The second-order valence-electron chi connectivity index (χ2n) is 7.61. The fourth-order valence-corrected chi connectivity index (χ4v) is 5.62. The van der Waals surface area contributed by atoms with Gasteiger partial charge in [-0.25, -0.2) is 13.8 Å². The van der Waals surface area contributed by atoms with Gasteiger partial charge >= 0.3 is 6.18 Å². The van der Waals surface area contributed by atoms with Crippen LogP contribution in [0.1, 0.15) is 38.1 Å². The third-order valence-corrected chi connectivity index (χ3v) is 7.68. The molecule has 0 aliphatic heterocycles. The maximum absolute atomic E-state index is 13.6. The summed E-state index contributed by atoms with van der Waals surface area (Å²) >= 11 is 7.76. The van der Waals surface area contributed by atoms with Gasteiger partial charge in [0, 0.05) is 20.7 Å². The Hall–Kier alpha value is -3.10. The van der Waals surface area contributed by atoms with Gasteiger partial charge in [-0.05, 0) is 32.0 Å². The summed E-state index contributed by atoms with van der Waals surface area (Å²) in [6.07, 6.45) is -7.73. The van der Waals surface area contributed by atoms with E-state index in [9.17, 15) is 31.5 Å². The van der Waals surface area contributed by atoms with Gasteiger partial charge in [0.2, 0.25) is 5.91 Å². The summed E-state index contributed by atoms with van der Waals surface area (Å²) in [7, 11) is 0. The van der Waals surface area contributed by atoms with Crippen LogP contribution in [0.3, 0.4) is 0 Å². The number of nitrogens with zero attached hydrogens (tertiary/aromatic N) is 3. The van der Waals surface area contributed by atoms with Crippen molar-refractivity contribution >= 4 is 62.0 Å². The number of aromatic nitrogens is 3. The van der Waals surface area contributed by atoms with Crippen LogP contribution in [0, 0.1) is 13.8 Å². The van der Waals surface area contributed by atoms with E-state index in [1.54, 1.807) is 12.1 Å². The second kappa shape index (κ2) is 9.41. The second-order valence-corrected chi connectivity index (χ2v) is 10.3. The zero-order valence-electron chi connectivity index (χ0n) is 18.3. The van der Waals surface area contributed by atoms with E-state index < -0.39 is 47.4 Å². The number of alkyl halides is 5. The molecular formula is C21H15ClF5N5O2S2. The molecule has 4 heterocycles. The number of hydrogen-bond acceptors (Lipinski definition) is 6. The lowest BCUT2D eigenvalue weighted by Crippen LogP contribution is -2.22. The number of aryl methyl sites for hydroxylation is 1. The van der Waals surface area contributed by atoms with E-state index in [2.05, 4.69) is 15.4 Å². The summed E-state index contributed by atoms with van der Waals surface area (Å²) in [5.41, 5.74) is 3.74. The maximum Gasteiger partial charge on any atom is 0.436 e. The van der Waals surface area contributed by atoms with Crippen LogP contribution in [-0.4, -0.2) is 26.6 Å². The number of fused-ring (bicyclic) bond motifs is 1. The average molecular weight is 564 g/mol. The number of amides is 2. The molecule has 36 heavy (non-hydrogen) atoms. The quantitative estimate of drug-likeness (QED) is 0.273. The lowest BCUT2D eigenvalue weighted by Gasteiger charge is -2.10. The highest BCUT2D eigenvalue weighted by Gasteiger charge is 2.38. The number of rotatable bonds is 6. The highest BCUT2D eigenvalue weighted by atomic mass is 35.5. The zero-order valence-corrected chi connectivity index (χ0v) is 20.7. The molecule has 0 spiro atoms. The number of nitrogens with one attached hydrogen (secondary N) is 1. The first-order chi connectivity index (χ1) is 16.8. The van der Waals surface area contributed by atoms with Gasteiger partial charge in [-0.15, -0.1) is 22.7 Å². The third kappa shape index (κ3) is 4.80. The standard InChI is InChI=1S/C21H15ClF5N5O2S2/c1-7-3-4-11(35-7)9-5-10(18(23)24)29-20-13(9)15(16(36-20)19(28)34)30-12(33)6-32-8(2)14(22)17(31-32)21(25,26)27/h3-5,18H,6H2,1-2H3,(H2,28,34)(H,30,33). The summed E-state index contributed by atoms with van der Waals surface area (Å²) < 4.78 is 67.3. The molecule has 15 heteroatoms. The van der Waals surface area contributed by atoms with Gasteiger partial charge < -0.3 is 11.1 Å². The van der Waals surface area contributed by atoms with Crippen molar-refractivity contribution in [3.05, 3.63) is 50.1 Å². The Kier molecular flexibility index (Phi) is 6.79. The summed E-state index contributed by atoms with van der Waals surface area (Å²) in [5.74, 6) is -1.79. The number of carbonyl (C=O) groups is 2. The normalized spacial score (nSPS) is 12.0. The molecule has 4 aromatic heterocycles. The molecule has 190 valence electrons. The van der Waals surface area contributed by atoms with Crippen molar-refractivity contribution in [2.75, 3.05) is 5.32 Å². The molecule has 0 radical (unpaired) electrons. The first-order valence-electron chi connectivity index (χ1n) is 10.00. The molecular weight excluding hydrogens is 549 g/mol. The minimum absolute atomic E-state index is 0.0376. The monoisotopic (exact) mass is 563 g/mol. The molecule has 4 rings (SSSR count). The lowest BCUT2D eigenvalue weighted by molar-refractivity contribution is -0.141. The average Bonchev–Trinajstić information content (AvgIpc) is 3.45. The largest absolute Gasteiger partial charge is 0.436 e. The van der Waals surface area contributed by atoms with Gasteiger partial charge in [-0.3, -0.25) is 14.3 Å². The molecule has 2 amide bonds. The molecule has 0 saturated carbocycles. The highest BCUT2D eigenvalue weighted by Crippen LogP contribution is 2.44. The van der Waals surface area contributed by atoms with Crippen LogP contribution in [0.2, 0.25) is 5.02 Å². The predicted octanol–water partition coefficient (Wildman–Crippen LogP) is 6.19. The summed E-state index contributed by atoms with van der Waals surface area (Å²) in [6, 6.07) is 4.64. The van der Waals surface area contributed by atoms with Crippen LogP contribution in [-0.2, 0) is 17.5 Å². The first kappa shape index (κ1) is 26.0. The molecule has 0 aromatic carbocycles. The summed E-state index contributed by atoms with van der Waals surface area (Å²) in [6.45, 7) is 2.41. The van der Waals surface area contributed by atoms with Crippen molar-refractivity contribution in [1.29, 1.82) is 0 Å². The number of primary amides is 1. The Balaban J connectivity index is 1.82. The Bertz CT molecular complexity index is 1510. The topological polar surface area (TPSA) is 103 Å². The van der Waals surface area contributed by atoms with Crippen LogP contribution in [0.5, 0.6) is 0 Å². The molecule has 0 aliphatic rings. The SMILES string of the molecule is Cc1ccc(-c2cc(C(F)F)nc3sc(C(N)=O)c(NC(=O)Cn4nc(C(F)(F)F)c(Cl)c4C)c23)s1. The van der Waals surface area contributed by atoms with Crippen molar-refractivity contribution in [3.63, 3.8) is 0 Å². The van der Waals surface area contributed by atoms with Gasteiger partial charge in [0.25, 0.3) is 12.3 Å². The Labute approximate surface area is 212 Å². The highest BCUT2D eigenvalue weighted by molar-refractivity contribution is 7.21. The molecule has 0 fully saturated rings. The van der Waals surface area contributed by atoms with Crippen molar-refractivity contribution in [2.45, 2.75) is 33.0 Å². The molecule has 0 saturated heterocycles. The van der Waals surface area contributed by atoms with E-state index >= 15 is 0 Å². The Morgan fingerprint density at radius 2 is 1.92 bits per heavy atom. The van der Waals surface area contributed by atoms with Crippen molar-refractivity contribution < 1.29 is 31.5 Å². The molecule has 4 aromatic rings. The molecule has 3 N–H and O–H groups in total. The Morgan fingerprint density at radius 3 is 2.44 bits per heavy atom. The van der Waals surface area contributed by atoms with Crippen LogP contribution in [0.4, 0.5) is 27.6 Å². The molecule has 0 unspecified atom stereocenters. The molecule has 0 atom stereocenters. The number of halogens is 6. The third-order valence-electron chi connectivity index (χ3n) is 5.09. The van der Waals surface area contributed by atoms with Crippen LogP contribution in [0.25, 0.3) is 20.7 Å². The number of thiophene rings is 2. The number of hydrogen-bond donors (Lipinski definition) is 2. The van der Waals surface area contributed by atoms with Gasteiger partial charge in [-0.2, -0.15) is 18.3 Å². The fraction of sp³-hybridized carbons (Fsp3) is 0.238. The summed E-state index contributed by atoms with van der Waals surface area (Å²) in [5, 5.41) is 5.43. The molecule has 0 aliphatic carbocycles. The zero-order chi connectivity index (χ0) is 26.5. The van der Waals surface area contributed by atoms with E-state index in [1.807, 2.05) is 6.92 Å². The van der Waals surface area contributed by atoms with E-state index in [1.165, 1.54) is 24.3 Å². The smallest absolute Gasteiger partial charge is 0.365 e. The molecule has 7 nitrogen and oxygen atoms in total. The number of carbonyl (C=O) groups excluding carboxylic acids is 2. The van der Waals surface area contributed by atoms with Crippen molar-refractivity contribution in [1.82, 2.24) is 14.8 Å². The van der Waals surface area contributed by atoms with E-state index in [4.69, 9.17) is 17.3 Å². The van der Waals surface area contributed by atoms with Crippen LogP contribution < -0.4 is 11.1 Å². The maximum atomic E-state index is 13.6. The van der Waals surface area contributed by atoms with E-state index in [0.717, 1.165) is 20.9 Å². The fourth-order valence-electron chi connectivity index (χ4n) is 3.47. The predicted molar refractivity (Wildman–Crippen MR) is 127 cm³/mol. The Morgan fingerprint density at radius 1 is 1.22 bits per heavy atom. The van der Waals surface area contributed by atoms with Gasteiger partial charge in [0.05, 0.1) is 16.4 Å². The van der Waals surface area contributed by atoms with Gasteiger partial charge in [0.15, 0.2) is 5.69 Å². The van der Waals surface area contributed by atoms with E-state index in [-0.39, 0.29) is 26.5 Å². The van der Waals surface area contributed by atoms with E-state index in [0.29, 0.717) is 10.4 Å². The van der Waals surface area contributed by atoms with Crippen molar-refractivity contribution in [3.8, 4) is 10.4 Å². The number of anilines is 1. The van der Waals surface area contributed by atoms with Crippen LogP contribution >= 0.6 is 34.3 Å². The minimum atomic E-state index is -4.83.